The van der Waals surface area contributed by atoms with Crippen molar-refractivity contribution in [3.63, 3.8) is 0 Å². The zero-order valence-corrected chi connectivity index (χ0v) is 14.9. The topological polar surface area (TPSA) is 70.9 Å². The van der Waals surface area contributed by atoms with Crippen LogP contribution in [0.15, 0.2) is 42.5 Å². The van der Waals surface area contributed by atoms with Crippen LogP contribution in [0.4, 0.5) is 10.1 Å². The number of anilines is 1. The second-order valence-corrected chi connectivity index (χ2v) is 6.35. The molecule has 4 nitrogen and oxygen atoms in total. The van der Waals surface area contributed by atoms with Gasteiger partial charge in [-0.2, -0.15) is 0 Å². The zero-order valence-electron chi connectivity index (χ0n) is 14.9. The number of amides is 1. The number of para-hydroxylation sites is 1. The van der Waals surface area contributed by atoms with Crippen LogP contribution in [0.2, 0.25) is 0 Å². The molecule has 0 fully saturated rings. The highest BCUT2D eigenvalue weighted by molar-refractivity contribution is 5.92. The van der Waals surface area contributed by atoms with Gasteiger partial charge >= 0.3 is 0 Å². The zero-order chi connectivity index (χ0) is 18.7. The lowest BCUT2D eigenvalue weighted by Crippen LogP contribution is -2.23. The Labute approximate surface area is 151 Å². The molecule has 0 spiro atoms. The van der Waals surface area contributed by atoms with E-state index in [2.05, 4.69) is 10.3 Å². The van der Waals surface area contributed by atoms with Crippen LogP contribution in [0, 0.1) is 19.7 Å². The Kier molecular flexibility index (Phi) is 5.07. The van der Waals surface area contributed by atoms with Gasteiger partial charge in [-0.05, 0) is 55.2 Å². The summed E-state index contributed by atoms with van der Waals surface area (Å²) in [7, 11) is 0. The third-order valence-electron chi connectivity index (χ3n) is 4.51. The first kappa shape index (κ1) is 17.7. The second kappa shape index (κ2) is 7.44. The van der Waals surface area contributed by atoms with Gasteiger partial charge in [-0.1, -0.05) is 24.3 Å². The first-order valence-corrected chi connectivity index (χ1v) is 8.54. The number of aromatic amines is 1. The van der Waals surface area contributed by atoms with E-state index in [0.717, 1.165) is 27.8 Å². The van der Waals surface area contributed by atoms with Crippen LogP contribution < -0.4 is 11.1 Å². The molecule has 2 aromatic carbocycles. The summed E-state index contributed by atoms with van der Waals surface area (Å²) in [5.74, 6) is -0.444. The van der Waals surface area contributed by atoms with Gasteiger partial charge in [0.25, 0.3) is 0 Å². The number of hydrogen-bond donors (Lipinski definition) is 3. The van der Waals surface area contributed by atoms with E-state index < -0.39 is 0 Å². The Morgan fingerprint density at radius 1 is 1.23 bits per heavy atom. The monoisotopic (exact) mass is 351 g/mol. The minimum Gasteiger partial charge on any atom is -0.398 e. The Morgan fingerprint density at radius 3 is 2.77 bits per heavy atom. The summed E-state index contributed by atoms with van der Waals surface area (Å²) in [5, 5.41) is 3.77. The van der Waals surface area contributed by atoms with Crippen molar-refractivity contribution in [2.45, 2.75) is 20.3 Å². The Morgan fingerprint density at radius 2 is 2.00 bits per heavy atom. The molecule has 1 aromatic heterocycles. The molecule has 0 aliphatic carbocycles. The number of halogens is 1. The van der Waals surface area contributed by atoms with Crippen LogP contribution in [0.5, 0.6) is 0 Å². The van der Waals surface area contributed by atoms with E-state index in [1.807, 2.05) is 32.0 Å². The summed E-state index contributed by atoms with van der Waals surface area (Å²) in [6, 6.07) is 10.6. The summed E-state index contributed by atoms with van der Waals surface area (Å²) in [4.78, 5) is 15.1. The third kappa shape index (κ3) is 3.61. The molecule has 1 heterocycles. The van der Waals surface area contributed by atoms with Crippen LogP contribution in [-0.2, 0) is 11.2 Å². The van der Waals surface area contributed by atoms with Gasteiger partial charge in [0, 0.05) is 29.4 Å². The highest BCUT2D eigenvalue weighted by Crippen LogP contribution is 2.27. The number of carbonyl (C=O) groups is 1. The summed E-state index contributed by atoms with van der Waals surface area (Å²) in [5.41, 5.74) is 10.8. The number of carbonyl (C=O) groups excluding carboxylic acids is 1. The summed E-state index contributed by atoms with van der Waals surface area (Å²) in [6.45, 7) is 4.36. The maximum Gasteiger partial charge on any atom is 0.244 e. The molecule has 0 saturated heterocycles. The van der Waals surface area contributed by atoms with Crippen molar-refractivity contribution in [2.24, 2.45) is 0 Å². The SMILES string of the molecule is Cc1[nH]c2c(F)ccc(C)c2c1CCNC(=O)/C=C/c1ccccc1N. The normalized spacial score (nSPS) is 11.3. The minimum atomic E-state index is -0.257. The van der Waals surface area contributed by atoms with Crippen molar-refractivity contribution in [1.29, 1.82) is 0 Å². The highest BCUT2D eigenvalue weighted by Gasteiger charge is 2.13. The Balaban J connectivity index is 1.66. The van der Waals surface area contributed by atoms with Crippen LogP contribution in [0.3, 0.4) is 0 Å². The average Bonchev–Trinajstić information content (AvgIpc) is 2.95. The standard InChI is InChI=1S/C21H22FN3O/c1-13-7-9-17(22)21-20(13)16(14(2)25-21)11-12-24-19(26)10-8-15-5-3-4-6-18(15)23/h3-10,25H,11-12,23H2,1-2H3,(H,24,26)/b10-8+. The quantitative estimate of drug-likeness (QED) is 0.482. The molecule has 3 aromatic rings. The van der Waals surface area contributed by atoms with Crippen LogP contribution in [0.25, 0.3) is 17.0 Å². The van der Waals surface area contributed by atoms with Gasteiger partial charge in [0.2, 0.25) is 5.91 Å². The van der Waals surface area contributed by atoms with Crippen LogP contribution in [-0.4, -0.2) is 17.4 Å². The molecular weight excluding hydrogens is 329 g/mol. The fourth-order valence-corrected chi connectivity index (χ4v) is 3.15. The van der Waals surface area contributed by atoms with Gasteiger partial charge in [-0.15, -0.1) is 0 Å². The number of nitrogens with two attached hydrogens (primary N) is 1. The molecule has 134 valence electrons. The number of fused-ring (bicyclic) bond motifs is 1. The number of H-pyrrole nitrogens is 1. The third-order valence-corrected chi connectivity index (χ3v) is 4.51. The molecule has 5 heteroatoms. The fraction of sp³-hybridized carbons (Fsp3) is 0.190. The van der Waals surface area contributed by atoms with Crippen LogP contribution in [0.1, 0.15) is 22.4 Å². The molecule has 0 unspecified atom stereocenters. The molecule has 3 rings (SSSR count). The number of benzene rings is 2. The lowest BCUT2D eigenvalue weighted by Gasteiger charge is -2.05. The van der Waals surface area contributed by atoms with E-state index in [0.29, 0.717) is 24.2 Å². The molecule has 0 aliphatic heterocycles. The number of nitrogen functional groups attached to an aromatic ring is 1. The lowest BCUT2D eigenvalue weighted by atomic mass is 10.0. The molecule has 0 radical (unpaired) electrons. The van der Waals surface area contributed by atoms with E-state index in [-0.39, 0.29) is 11.7 Å². The van der Waals surface area contributed by atoms with Crippen molar-refractivity contribution >= 4 is 28.6 Å². The molecular formula is C21H22FN3O. The minimum absolute atomic E-state index is 0.186. The van der Waals surface area contributed by atoms with Gasteiger partial charge in [0.05, 0.1) is 5.52 Å². The van der Waals surface area contributed by atoms with Gasteiger partial charge in [0.1, 0.15) is 5.82 Å². The number of aromatic nitrogens is 1. The van der Waals surface area contributed by atoms with Gasteiger partial charge in [-0.3, -0.25) is 4.79 Å². The van der Waals surface area contributed by atoms with E-state index in [4.69, 9.17) is 5.73 Å². The molecule has 1 amide bonds. The van der Waals surface area contributed by atoms with Crippen molar-refractivity contribution in [3.05, 3.63) is 70.7 Å². The average molecular weight is 351 g/mol. The number of nitrogens with one attached hydrogen (secondary N) is 2. The Hall–Kier alpha value is -3.08. The molecule has 0 saturated carbocycles. The highest BCUT2D eigenvalue weighted by atomic mass is 19.1. The van der Waals surface area contributed by atoms with Gasteiger partial charge in [0.15, 0.2) is 0 Å². The summed E-state index contributed by atoms with van der Waals surface area (Å²) < 4.78 is 14.0. The summed E-state index contributed by atoms with van der Waals surface area (Å²) >= 11 is 0. The largest absolute Gasteiger partial charge is 0.398 e. The predicted molar refractivity (Wildman–Crippen MR) is 104 cm³/mol. The van der Waals surface area contributed by atoms with Crippen molar-refractivity contribution < 1.29 is 9.18 Å². The number of rotatable bonds is 5. The van der Waals surface area contributed by atoms with Gasteiger partial charge in [-0.25, -0.2) is 4.39 Å². The lowest BCUT2D eigenvalue weighted by molar-refractivity contribution is -0.116. The van der Waals surface area contributed by atoms with E-state index >= 15 is 0 Å². The first-order valence-electron chi connectivity index (χ1n) is 8.54. The number of hydrogen-bond acceptors (Lipinski definition) is 2. The summed E-state index contributed by atoms with van der Waals surface area (Å²) in [6.07, 6.45) is 3.79. The number of aryl methyl sites for hydroxylation is 2. The Bertz CT molecular complexity index is 988. The van der Waals surface area contributed by atoms with E-state index in [1.54, 1.807) is 18.2 Å². The van der Waals surface area contributed by atoms with Gasteiger partial charge < -0.3 is 16.0 Å². The maximum absolute atomic E-state index is 14.0. The molecule has 4 N–H and O–H groups in total. The van der Waals surface area contributed by atoms with E-state index in [1.165, 1.54) is 12.1 Å². The second-order valence-electron chi connectivity index (χ2n) is 6.35. The molecule has 26 heavy (non-hydrogen) atoms. The molecule has 0 bridgehead atoms. The van der Waals surface area contributed by atoms with Crippen molar-refractivity contribution in [1.82, 2.24) is 10.3 Å². The van der Waals surface area contributed by atoms with E-state index in [9.17, 15) is 9.18 Å². The fourth-order valence-electron chi connectivity index (χ4n) is 3.15. The predicted octanol–water partition coefficient (Wildman–Crippen LogP) is 3.88. The first-order chi connectivity index (χ1) is 12.5. The molecule has 0 aliphatic rings. The van der Waals surface area contributed by atoms with Crippen molar-refractivity contribution in [2.75, 3.05) is 12.3 Å². The van der Waals surface area contributed by atoms with Crippen molar-refractivity contribution in [3.8, 4) is 0 Å². The van der Waals surface area contributed by atoms with Crippen LogP contribution >= 0.6 is 0 Å². The maximum atomic E-state index is 14.0. The smallest absolute Gasteiger partial charge is 0.244 e. The molecule has 0 atom stereocenters.